The van der Waals surface area contributed by atoms with Crippen LogP contribution >= 0.6 is 0 Å². The van der Waals surface area contributed by atoms with Gasteiger partial charge in [-0.1, -0.05) is 20.8 Å². The van der Waals surface area contributed by atoms with E-state index < -0.39 is 0 Å². The molecule has 0 bridgehead atoms. The number of rotatable bonds is 4. The van der Waals surface area contributed by atoms with Gasteiger partial charge >= 0.3 is 0 Å². The highest BCUT2D eigenvalue weighted by Gasteiger charge is 2.64. The van der Waals surface area contributed by atoms with Crippen molar-refractivity contribution in [1.82, 2.24) is 0 Å². The summed E-state index contributed by atoms with van der Waals surface area (Å²) in [6.45, 7) is 9.94. The maximum atomic E-state index is 10.3. The molecule has 4 aliphatic carbocycles. The molecule has 10 atom stereocenters. The predicted octanol–water partition coefficient (Wildman–Crippen LogP) is 5.70. The average Bonchev–Trinajstić information content (AvgIpc) is 3.20. The summed E-state index contributed by atoms with van der Waals surface area (Å²) in [6, 6.07) is 0. The summed E-state index contributed by atoms with van der Waals surface area (Å²) in [5.41, 5.74) is 2.39. The monoisotopic (exact) mass is 416 g/mol. The van der Waals surface area contributed by atoms with Crippen molar-refractivity contribution in [2.24, 2.45) is 46.3 Å². The van der Waals surface area contributed by atoms with Crippen LogP contribution in [0.25, 0.3) is 0 Å². The van der Waals surface area contributed by atoms with E-state index in [0.29, 0.717) is 28.8 Å². The van der Waals surface area contributed by atoms with Crippen molar-refractivity contribution in [3.63, 3.8) is 0 Å². The van der Waals surface area contributed by atoms with Gasteiger partial charge in [0.05, 0.1) is 11.9 Å². The van der Waals surface area contributed by atoms with E-state index in [0.717, 1.165) is 49.4 Å². The molecule has 0 spiro atoms. The molecule has 4 fully saturated rings. The summed E-state index contributed by atoms with van der Waals surface area (Å²) < 4.78 is 6.64. The number of allylic oxidation sites excluding steroid dienone is 1. The van der Waals surface area contributed by atoms with Crippen LogP contribution in [0.1, 0.15) is 91.9 Å². The lowest BCUT2D eigenvalue weighted by Gasteiger charge is -2.60. The van der Waals surface area contributed by atoms with E-state index in [1.807, 2.05) is 0 Å². The molecule has 0 amide bonds. The Morgan fingerprint density at radius 3 is 2.57 bits per heavy atom. The van der Waals surface area contributed by atoms with Crippen LogP contribution in [-0.4, -0.2) is 29.0 Å². The molecule has 170 valence electrons. The molecule has 0 radical (unpaired) electrons. The molecule has 3 heteroatoms. The number of fused-ring (bicyclic) bond motifs is 7. The first kappa shape index (κ1) is 21.3. The maximum Gasteiger partial charge on any atom is 0.106 e. The van der Waals surface area contributed by atoms with Gasteiger partial charge in [0, 0.05) is 18.9 Å². The van der Waals surface area contributed by atoms with Crippen molar-refractivity contribution < 1.29 is 14.9 Å². The average molecular weight is 417 g/mol. The summed E-state index contributed by atoms with van der Waals surface area (Å²) in [5, 5.41) is 19.7. The third kappa shape index (κ3) is 3.04. The Hall–Kier alpha value is -0.540. The Kier molecular flexibility index (Phi) is 5.33. The van der Waals surface area contributed by atoms with Gasteiger partial charge in [0.2, 0.25) is 0 Å². The molecule has 0 aromatic heterocycles. The SMILES string of the molecule is CC1=C(CC[C@@H](C)CO)O[C@H]2C[C@H]3[C@@H]4CC[C@H]5C[C@H](O)CC[C@]5(C)[C@@H]4CC[C@]3(C)[C@@H]12. The molecule has 5 aliphatic rings. The lowest BCUT2D eigenvalue weighted by molar-refractivity contribution is -0.124. The summed E-state index contributed by atoms with van der Waals surface area (Å²) in [5.74, 6) is 5.49. The zero-order valence-corrected chi connectivity index (χ0v) is 19.7. The molecule has 4 saturated carbocycles. The van der Waals surface area contributed by atoms with Crippen LogP contribution in [0.2, 0.25) is 0 Å². The Morgan fingerprint density at radius 2 is 1.80 bits per heavy atom. The first-order valence-electron chi connectivity index (χ1n) is 12.9. The highest BCUT2D eigenvalue weighted by atomic mass is 16.5. The number of aliphatic hydroxyl groups excluding tert-OH is 2. The standard InChI is InChI=1S/C27H44O3/c1-16(15-28)5-8-23-17(2)25-24(30-23)14-22-20-7-6-18-13-19(29)9-11-26(18,3)21(20)10-12-27(22,25)4/h16,18-22,24-25,28-29H,5-15H2,1-4H3/t16-,18+,19-,20-,21-,22+,24+,25+,26+,27+/m1/s1. The van der Waals surface area contributed by atoms with E-state index in [1.165, 1.54) is 49.9 Å². The van der Waals surface area contributed by atoms with E-state index in [-0.39, 0.29) is 12.7 Å². The number of hydrogen-bond donors (Lipinski definition) is 2. The first-order chi connectivity index (χ1) is 14.3. The van der Waals surface area contributed by atoms with Crippen LogP contribution < -0.4 is 0 Å². The Bertz CT molecular complexity index is 700. The van der Waals surface area contributed by atoms with Gasteiger partial charge in [0.25, 0.3) is 0 Å². The third-order valence-corrected chi connectivity index (χ3v) is 11.0. The largest absolute Gasteiger partial charge is 0.494 e. The predicted molar refractivity (Wildman–Crippen MR) is 120 cm³/mol. The number of hydrogen-bond acceptors (Lipinski definition) is 3. The van der Waals surface area contributed by atoms with Crippen molar-refractivity contribution >= 4 is 0 Å². The third-order valence-electron chi connectivity index (χ3n) is 11.0. The first-order valence-corrected chi connectivity index (χ1v) is 12.9. The maximum absolute atomic E-state index is 10.3. The van der Waals surface area contributed by atoms with Crippen molar-refractivity contribution in [2.75, 3.05) is 6.61 Å². The smallest absolute Gasteiger partial charge is 0.106 e. The molecule has 1 aliphatic heterocycles. The molecule has 30 heavy (non-hydrogen) atoms. The van der Waals surface area contributed by atoms with Crippen LogP contribution in [-0.2, 0) is 4.74 Å². The van der Waals surface area contributed by atoms with Gasteiger partial charge in [-0.25, -0.2) is 0 Å². The second kappa shape index (κ2) is 7.51. The lowest BCUT2D eigenvalue weighted by atomic mass is 9.44. The Morgan fingerprint density at radius 1 is 1.03 bits per heavy atom. The van der Waals surface area contributed by atoms with Gasteiger partial charge in [-0.05, 0) is 111 Å². The topological polar surface area (TPSA) is 49.7 Å². The second-order valence-corrected chi connectivity index (χ2v) is 12.4. The van der Waals surface area contributed by atoms with E-state index in [9.17, 15) is 10.2 Å². The minimum absolute atomic E-state index is 0.0486. The summed E-state index contributed by atoms with van der Waals surface area (Å²) in [4.78, 5) is 0. The van der Waals surface area contributed by atoms with Gasteiger partial charge in [-0.2, -0.15) is 0 Å². The van der Waals surface area contributed by atoms with E-state index in [2.05, 4.69) is 27.7 Å². The van der Waals surface area contributed by atoms with Gasteiger partial charge in [-0.3, -0.25) is 0 Å². The zero-order chi connectivity index (χ0) is 21.3. The van der Waals surface area contributed by atoms with Crippen LogP contribution in [0.4, 0.5) is 0 Å². The fourth-order valence-electron chi connectivity index (χ4n) is 9.29. The van der Waals surface area contributed by atoms with Gasteiger partial charge in [0.1, 0.15) is 6.10 Å². The van der Waals surface area contributed by atoms with Crippen molar-refractivity contribution in [1.29, 1.82) is 0 Å². The summed E-state index contributed by atoms with van der Waals surface area (Å²) in [7, 11) is 0. The molecule has 0 aromatic carbocycles. The lowest BCUT2D eigenvalue weighted by Crippen LogP contribution is -2.54. The van der Waals surface area contributed by atoms with Crippen molar-refractivity contribution in [3.05, 3.63) is 11.3 Å². The molecule has 0 unspecified atom stereocenters. The van der Waals surface area contributed by atoms with Crippen LogP contribution in [0.5, 0.6) is 0 Å². The highest BCUT2D eigenvalue weighted by molar-refractivity contribution is 5.26. The minimum atomic E-state index is -0.0486. The number of aliphatic hydroxyl groups is 2. The summed E-state index contributed by atoms with van der Waals surface area (Å²) >= 11 is 0. The fraction of sp³-hybridized carbons (Fsp3) is 0.926. The fourth-order valence-corrected chi connectivity index (χ4v) is 9.29. The van der Waals surface area contributed by atoms with Crippen LogP contribution in [0.3, 0.4) is 0 Å². The molecule has 0 saturated heterocycles. The van der Waals surface area contributed by atoms with Crippen LogP contribution in [0, 0.1) is 46.3 Å². The second-order valence-electron chi connectivity index (χ2n) is 12.4. The molecule has 1 heterocycles. The number of ether oxygens (including phenoxy) is 1. The minimum Gasteiger partial charge on any atom is -0.494 e. The molecule has 0 aromatic rings. The Labute approximate surface area is 183 Å². The van der Waals surface area contributed by atoms with Crippen molar-refractivity contribution in [2.45, 2.75) is 104 Å². The quantitative estimate of drug-likeness (QED) is 0.618. The van der Waals surface area contributed by atoms with E-state index >= 15 is 0 Å². The molecule has 2 N–H and O–H groups in total. The molecule has 3 nitrogen and oxygen atoms in total. The normalized spacial score (nSPS) is 50.9. The van der Waals surface area contributed by atoms with E-state index in [1.54, 1.807) is 0 Å². The van der Waals surface area contributed by atoms with Crippen molar-refractivity contribution in [3.8, 4) is 0 Å². The van der Waals surface area contributed by atoms with Gasteiger partial charge in [-0.15, -0.1) is 0 Å². The van der Waals surface area contributed by atoms with Gasteiger partial charge < -0.3 is 14.9 Å². The molecular weight excluding hydrogens is 372 g/mol. The molecular formula is C27H44O3. The Balaban J connectivity index is 1.36. The molecule has 5 rings (SSSR count). The highest BCUT2D eigenvalue weighted by Crippen LogP contribution is 2.69. The van der Waals surface area contributed by atoms with Crippen LogP contribution in [0.15, 0.2) is 11.3 Å². The summed E-state index contributed by atoms with van der Waals surface area (Å²) in [6.07, 6.45) is 12.4. The van der Waals surface area contributed by atoms with E-state index in [4.69, 9.17) is 4.74 Å². The van der Waals surface area contributed by atoms with Gasteiger partial charge in [0.15, 0.2) is 0 Å². The zero-order valence-electron chi connectivity index (χ0n) is 19.7.